The highest BCUT2D eigenvalue weighted by molar-refractivity contribution is 8.02. The van der Waals surface area contributed by atoms with E-state index in [1.807, 2.05) is 31.1 Å². The van der Waals surface area contributed by atoms with Crippen molar-refractivity contribution in [3.8, 4) is 12.1 Å². The van der Waals surface area contributed by atoms with Gasteiger partial charge in [-0.05, 0) is 18.2 Å². The topological polar surface area (TPSA) is 50.8 Å². The zero-order chi connectivity index (χ0) is 12.7. The summed E-state index contributed by atoms with van der Waals surface area (Å²) in [6.07, 6.45) is 0. The van der Waals surface area contributed by atoms with E-state index < -0.39 is 0 Å². The number of rotatable bonds is 5. The molecule has 0 spiro atoms. The van der Waals surface area contributed by atoms with E-state index in [-0.39, 0.29) is 0 Å². The lowest BCUT2D eigenvalue weighted by atomic mass is 10.3. The molecule has 17 heavy (non-hydrogen) atoms. The zero-order valence-electron chi connectivity index (χ0n) is 9.80. The maximum absolute atomic E-state index is 8.63. The highest BCUT2D eigenvalue weighted by atomic mass is 32.2. The lowest BCUT2D eigenvalue weighted by Crippen LogP contribution is -2.08. The normalized spacial score (nSPS) is 9.41. The highest BCUT2D eigenvalue weighted by Gasteiger charge is 2.06. The predicted octanol–water partition coefficient (Wildman–Crippen LogP) is 2.98. The Morgan fingerprint density at radius 3 is 2.18 bits per heavy atom. The van der Waals surface area contributed by atoms with Crippen molar-refractivity contribution in [3.05, 3.63) is 18.2 Å². The van der Waals surface area contributed by atoms with Crippen molar-refractivity contribution in [2.24, 2.45) is 0 Å². The van der Waals surface area contributed by atoms with Gasteiger partial charge in [0.15, 0.2) is 0 Å². The highest BCUT2D eigenvalue weighted by Crippen LogP contribution is 2.33. The summed E-state index contributed by atoms with van der Waals surface area (Å²) in [6, 6.07) is 10.3. The first kappa shape index (κ1) is 13.8. The number of hydrogen-bond donors (Lipinski definition) is 0. The van der Waals surface area contributed by atoms with Crippen LogP contribution in [-0.2, 0) is 0 Å². The first-order valence-corrected chi connectivity index (χ1v) is 6.97. The van der Waals surface area contributed by atoms with E-state index in [0.717, 1.165) is 15.5 Å². The minimum atomic E-state index is 0.428. The van der Waals surface area contributed by atoms with Gasteiger partial charge in [0.2, 0.25) is 0 Å². The first-order valence-electron chi connectivity index (χ1n) is 5.00. The summed E-state index contributed by atoms with van der Waals surface area (Å²) in [6.45, 7) is 0. The SMILES string of the molecule is CN(C)c1ccc(SCC#N)c(SCC#N)c1. The molecule has 0 heterocycles. The van der Waals surface area contributed by atoms with Gasteiger partial charge in [-0.15, -0.1) is 23.5 Å². The molecule has 1 rings (SSSR count). The van der Waals surface area contributed by atoms with Crippen LogP contribution in [0.1, 0.15) is 0 Å². The third-order valence-electron chi connectivity index (χ3n) is 2.03. The van der Waals surface area contributed by atoms with Crippen molar-refractivity contribution in [2.45, 2.75) is 9.79 Å². The van der Waals surface area contributed by atoms with Crippen LogP contribution in [0.5, 0.6) is 0 Å². The van der Waals surface area contributed by atoms with Crippen LogP contribution >= 0.6 is 23.5 Å². The molecule has 0 unspecified atom stereocenters. The van der Waals surface area contributed by atoms with E-state index in [0.29, 0.717) is 11.5 Å². The van der Waals surface area contributed by atoms with E-state index in [9.17, 15) is 0 Å². The third kappa shape index (κ3) is 4.22. The number of benzene rings is 1. The summed E-state index contributed by atoms with van der Waals surface area (Å²) < 4.78 is 0. The standard InChI is InChI=1S/C12H13N3S2/c1-15(2)10-3-4-11(16-7-5-13)12(9-10)17-8-6-14/h3-4,9H,7-8H2,1-2H3. The van der Waals surface area contributed by atoms with Gasteiger partial charge >= 0.3 is 0 Å². The average molecular weight is 263 g/mol. The van der Waals surface area contributed by atoms with E-state index in [2.05, 4.69) is 18.2 Å². The van der Waals surface area contributed by atoms with Crippen molar-refractivity contribution < 1.29 is 0 Å². The molecule has 0 fully saturated rings. The van der Waals surface area contributed by atoms with E-state index in [4.69, 9.17) is 10.5 Å². The molecule has 88 valence electrons. The zero-order valence-corrected chi connectivity index (χ0v) is 11.4. The van der Waals surface area contributed by atoms with Crippen LogP contribution in [0, 0.1) is 22.7 Å². The molecule has 0 radical (unpaired) electrons. The lowest BCUT2D eigenvalue weighted by Gasteiger charge is -2.15. The van der Waals surface area contributed by atoms with Crippen molar-refractivity contribution in [2.75, 3.05) is 30.5 Å². The summed E-state index contributed by atoms with van der Waals surface area (Å²) >= 11 is 3.02. The fourth-order valence-electron chi connectivity index (χ4n) is 1.23. The largest absolute Gasteiger partial charge is 0.378 e. The monoisotopic (exact) mass is 263 g/mol. The Balaban J connectivity index is 2.95. The summed E-state index contributed by atoms with van der Waals surface area (Å²) in [5.74, 6) is 0.860. The molecule has 0 saturated carbocycles. The third-order valence-corrected chi connectivity index (χ3v) is 4.02. The van der Waals surface area contributed by atoms with Gasteiger partial charge in [-0.3, -0.25) is 0 Å². The molecule has 0 atom stereocenters. The fraction of sp³-hybridized carbons (Fsp3) is 0.333. The molecule has 3 nitrogen and oxygen atoms in total. The molecule has 0 aliphatic heterocycles. The van der Waals surface area contributed by atoms with Gasteiger partial charge in [0.1, 0.15) is 0 Å². The number of hydrogen-bond acceptors (Lipinski definition) is 5. The fourth-order valence-corrected chi connectivity index (χ4v) is 2.80. The van der Waals surface area contributed by atoms with Gasteiger partial charge in [-0.25, -0.2) is 0 Å². The first-order chi connectivity index (χ1) is 8.19. The van der Waals surface area contributed by atoms with Crippen molar-refractivity contribution in [1.82, 2.24) is 0 Å². The minimum absolute atomic E-state index is 0.428. The van der Waals surface area contributed by atoms with Gasteiger partial charge in [-0.1, -0.05) is 0 Å². The van der Waals surface area contributed by atoms with Crippen molar-refractivity contribution in [3.63, 3.8) is 0 Å². The molecule has 1 aromatic rings. The van der Waals surface area contributed by atoms with E-state index in [1.165, 1.54) is 23.5 Å². The van der Waals surface area contributed by atoms with Crippen molar-refractivity contribution in [1.29, 1.82) is 10.5 Å². The molecule has 1 aromatic carbocycles. The Kier molecular flexibility index (Phi) is 5.76. The molecule has 0 N–H and O–H groups in total. The summed E-state index contributed by atoms with van der Waals surface area (Å²) in [5, 5.41) is 17.2. The second-order valence-electron chi connectivity index (χ2n) is 3.42. The minimum Gasteiger partial charge on any atom is -0.378 e. The van der Waals surface area contributed by atoms with Crippen LogP contribution in [-0.4, -0.2) is 25.6 Å². The Bertz CT molecular complexity index is 458. The second kappa shape index (κ2) is 7.11. The molecule has 0 bridgehead atoms. The van der Waals surface area contributed by atoms with Gasteiger partial charge < -0.3 is 4.90 Å². The molecule has 0 aliphatic rings. The molecule has 0 aromatic heterocycles. The number of thioether (sulfide) groups is 2. The predicted molar refractivity (Wildman–Crippen MR) is 73.4 cm³/mol. The summed E-state index contributed by atoms with van der Waals surface area (Å²) in [7, 11) is 3.96. The second-order valence-corrected chi connectivity index (χ2v) is 5.45. The average Bonchev–Trinajstić information content (AvgIpc) is 2.34. The van der Waals surface area contributed by atoms with E-state index >= 15 is 0 Å². The van der Waals surface area contributed by atoms with Crippen LogP contribution in [0.15, 0.2) is 28.0 Å². The molecule has 0 aliphatic carbocycles. The Labute approximate surface area is 110 Å². The lowest BCUT2D eigenvalue weighted by molar-refractivity contribution is 1.10. The molecule has 0 saturated heterocycles. The van der Waals surface area contributed by atoms with Crippen LogP contribution in [0.4, 0.5) is 5.69 Å². The maximum Gasteiger partial charge on any atom is 0.0855 e. The summed E-state index contributed by atoms with van der Waals surface area (Å²) in [4.78, 5) is 4.16. The van der Waals surface area contributed by atoms with E-state index in [1.54, 1.807) is 0 Å². The van der Waals surface area contributed by atoms with Gasteiger partial charge in [-0.2, -0.15) is 10.5 Å². The summed E-state index contributed by atoms with van der Waals surface area (Å²) in [5.41, 5.74) is 1.10. The van der Waals surface area contributed by atoms with Crippen LogP contribution in [0.3, 0.4) is 0 Å². The molecule has 0 amide bonds. The Hall–Kier alpha value is -1.30. The Morgan fingerprint density at radius 1 is 1.06 bits per heavy atom. The number of nitrogens with zero attached hydrogens (tertiary/aromatic N) is 3. The quantitative estimate of drug-likeness (QED) is 0.764. The van der Waals surface area contributed by atoms with Gasteiger partial charge in [0.05, 0.1) is 23.6 Å². The Morgan fingerprint density at radius 2 is 1.65 bits per heavy atom. The van der Waals surface area contributed by atoms with Crippen LogP contribution in [0.25, 0.3) is 0 Å². The number of anilines is 1. The molecular weight excluding hydrogens is 250 g/mol. The maximum atomic E-state index is 8.63. The van der Waals surface area contributed by atoms with Crippen molar-refractivity contribution >= 4 is 29.2 Å². The smallest absolute Gasteiger partial charge is 0.0855 e. The van der Waals surface area contributed by atoms with Gasteiger partial charge in [0, 0.05) is 29.6 Å². The molecule has 5 heteroatoms. The molecular formula is C12H13N3S2. The van der Waals surface area contributed by atoms with Crippen LogP contribution < -0.4 is 4.90 Å². The van der Waals surface area contributed by atoms with Crippen LogP contribution in [0.2, 0.25) is 0 Å². The number of nitriles is 2. The van der Waals surface area contributed by atoms with Gasteiger partial charge in [0.25, 0.3) is 0 Å².